The van der Waals surface area contributed by atoms with E-state index in [0.29, 0.717) is 11.1 Å². The maximum atomic E-state index is 13.4. The van der Waals surface area contributed by atoms with Crippen LogP contribution in [0.3, 0.4) is 0 Å². The van der Waals surface area contributed by atoms with Crippen molar-refractivity contribution in [1.29, 1.82) is 0 Å². The molecular weight excluding hydrogens is 428 g/mol. The molecule has 158 valence electrons. The summed E-state index contributed by atoms with van der Waals surface area (Å²) in [6, 6.07) is 16.1. The Morgan fingerprint density at radius 1 is 1.19 bits per heavy atom. The Balaban J connectivity index is 1.52. The first kappa shape index (κ1) is 20.2. The number of thiazole rings is 1. The standard InChI is InChI=1S/C24H23ClN4OS/c1-27(2)18-9-11-28(14-18)24(30)19-13-22(29-10-4-3-8-21(19)29)20-15-31-23(26-20)16-6-5-7-17(25)12-16/h3-8,10,12-13,15,18H,9,11,14H2,1-2H3. The van der Waals surface area contributed by atoms with E-state index in [1.54, 1.807) is 11.3 Å². The largest absolute Gasteiger partial charge is 0.337 e. The molecule has 0 spiro atoms. The smallest absolute Gasteiger partial charge is 0.256 e. The van der Waals surface area contributed by atoms with Gasteiger partial charge in [0.25, 0.3) is 5.91 Å². The molecule has 7 heteroatoms. The molecule has 0 bridgehead atoms. The summed E-state index contributed by atoms with van der Waals surface area (Å²) >= 11 is 7.73. The third kappa shape index (κ3) is 3.76. The summed E-state index contributed by atoms with van der Waals surface area (Å²) in [5, 5.41) is 3.64. The molecule has 1 aliphatic heterocycles. The van der Waals surface area contributed by atoms with Crippen LogP contribution < -0.4 is 0 Å². The molecule has 0 aliphatic carbocycles. The lowest BCUT2D eigenvalue weighted by atomic mass is 10.2. The fourth-order valence-electron chi connectivity index (χ4n) is 4.19. The summed E-state index contributed by atoms with van der Waals surface area (Å²) < 4.78 is 2.06. The number of amides is 1. The predicted molar refractivity (Wildman–Crippen MR) is 127 cm³/mol. The summed E-state index contributed by atoms with van der Waals surface area (Å²) in [5.74, 6) is 0.0876. The van der Waals surface area contributed by atoms with Crippen molar-refractivity contribution in [3.05, 3.63) is 70.7 Å². The van der Waals surface area contributed by atoms with Crippen molar-refractivity contribution >= 4 is 34.4 Å². The molecule has 0 radical (unpaired) electrons. The number of hydrogen-bond acceptors (Lipinski definition) is 4. The van der Waals surface area contributed by atoms with E-state index in [1.807, 2.05) is 65.0 Å². The van der Waals surface area contributed by atoms with Crippen molar-refractivity contribution in [3.63, 3.8) is 0 Å². The number of carbonyl (C=O) groups excluding carboxylic acids is 1. The van der Waals surface area contributed by atoms with E-state index in [-0.39, 0.29) is 5.91 Å². The zero-order valence-electron chi connectivity index (χ0n) is 17.5. The fourth-order valence-corrected chi connectivity index (χ4v) is 5.19. The fraction of sp³-hybridized carbons (Fsp3) is 0.250. The number of aromatic nitrogens is 2. The second-order valence-electron chi connectivity index (χ2n) is 8.10. The van der Waals surface area contributed by atoms with E-state index in [0.717, 1.165) is 52.5 Å². The quantitative estimate of drug-likeness (QED) is 0.431. The van der Waals surface area contributed by atoms with Gasteiger partial charge in [-0.15, -0.1) is 11.3 Å². The minimum atomic E-state index is 0.0876. The number of likely N-dealkylation sites (N-methyl/N-ethyl adjacent to an activating group) is 1. The number of hydrogen-bond donors (Lipinski definition) is 0. The monoisotopic (exact) mass is 450 g/mol. The van der Waals surface area contributed by atoms with Gasteiger partial charge in [0.05, 0.1) is 22.5 Å². The zero-order chi connectivity index (χ0) is 21.5. The summed E-state index contributed by atoms with van der Waals surface area (Å²) in [6.45, 7) is 1.55. The summed E-state index contributed by atoms with van der Waals surface area (Å²) in [7, 11) is 4.15. The van der Waals surface area contributed by atoms with Crippen LogP contribution in [0.2, 0.25) is 5.02 Å². The van der Waals surface area contributed by atoms with Crippen LogP contribution in [0.25, 0.3) is 27.5 Å². The van der Waals surface area contributed by atoms with E-state index in [2.05, 4.69) is 23.4 Å². The molecule has 1 aliphatic rings. The average Bonchev–Trinajstić information content (AvgIpc) is 3.51. The van der Waals surface area contributed by atoms with Crippen molar-refractivity contribution in [1.82, 2.24) is 19.2 Å². The van der Waals surface area contributed by atoms with Gasteiger partial charge >= 0.3 is 0 Å². The Hall–Kier alpha value is -2.67. The Morgan fingerprint density at radius 2 is 2.06 bits per heavy atom. The van der Waals surface area contributed by atoms with E-state index in [9.17, 15) is 4.79 Å². The normalized spacial score (nSPS) is 16.5. The molecule has 5 nitrogen and oxygen atoms in total. The third-order valence-electron chi connectivity index (χ3n) is 5.93. The van der Waals surface area contributed by atoms with Crippen LogP contribution >= 0.6 is 22.9 Å². The molecule has 1 unspecified atom stereocenters. The summed E-state index contributed by atoms with van der Waals surface area (Å²) in [4.78, 5) is 22.4. The number of halogens is 1. The molecule has 1 fully saturated rings. The Labute approximate surface area is 190 Å². The van der Waals surface area contributed by atoms with Crippen LogP contribution in [0.4, 0.5) is 0 Å². The molecule has 0 saturated carbocycles. The lowest BCUT2D eigenvalue weighted by Gasteiger charge is -2.20. The van der Waals surface area contributed by atoms with Gasteiger partial charge in [0.1, 0.15) is 5.01 Å². The van der Waals surface area contributed by atoms with Gasteiger partial charge in [-0.2, -0.15) is 0 Å². The minimum absolute atomic E-state index is 0.0876. The first-order chi connectivity index (χ1) is 15.0. The first-order valence-corrected chi connectivity index (χ1v) is 11.5. The molecular formula is C24H23ClN4OS. The van der Waals surface area contributed by atoms with Crippen LogP contribution in [0, 0.1) is 0 Å². The molecule has 0 N–H and O–H groups in total. The molecule has 4 heterocycles. The molecule has 4 aromatic rings. The second-order valence-corrected chi connectivity index (χ2v) is 9.40. The maximum Gasteiger partial charge on any atom is 0.256 e. The van der Waals surface area contributed by atoms with Crippen LogP contribution in [-0.4, -0.2) is 58.3 Å². The Kier molecular flexibility index (Phi) is 5.30. The zero-order valence-corrected chi connectivity index (χ0v) is 19.0. The number of carbonyl (C=O) groups is 1. The topological polar surface area (TPSA) is 40.8 Å². The van der Waals surface area contributed by atoms with Gasteiger partial charge in [0.2, 0.25) is 0 Å². The maximum absolute atomic E-state index is 13.4. The number of fused-ring (bicyclic) bond motifs is 1. The van der Waals surface area contributed by atoms with Crippen LogP contribution in [0.1, 0.15) is 16.8 Å². The molecule has 3 aromatic heterocycles. The first-order valence-electron chi connectivity index (χ1n) is 10.3. The number of likely N-dealkylation sites (tertiary alicyclic amines) is 1. The van der Waals surface area contributed by atoms with Gasteiger partial charge in [0.15, 0.2) is 0 Å². The molecule has 31 heavy (non-hydrogen) atoms. The van der Waals surface area contributed by atoms with Crippen LogP contribution in [-0.2, 0) is 0 Å². The van der Waals surface area contributed by atoms with Gasteiger partial charge in [-0.3, -0.25) is 4.79 Å². The van der Waals surface area contributed by atoms with Gasteiger partial charge in [-0.1, -0.05) is 29.8 Å². The van der Waals surface area contributed by atoms with E-state index in [4.69, 9.17) is 16.6 Å². The highest BCUT2D eigenvalue weighted by Gasteiger charge is 2.30. The van der Waals surface area contributed by atoms with Crippen molar-refractivity contribution in [2.75, 3.05) is 27.2 Å². The van der Waals surface area contributed by atoms with Gasteiger partial charge in [-0.25, -0.2) is 4.98 Å². The second kappa shape index (κ2) is 8.11. The molecule has 1 atom stereocenters. The number of nitrogens with zero attached hydrogens (tertiary/aromatic N) is 4. The average molecular weight is 451 g/mol. The van der Waals surface area contributed by atoms with Crippen molar-refractivity contribution in [2.24, 2.45) is 0 Å². The highest BCUT2D eigenvalue weighted by molar-refractivity contribution is 7.13. The predicted octanol–water partition coefficient (Wildman–Crippen LogP) is 5.16. The molecule has 1 saturated heterocycles. The van der Waals surface area contributed by atoms with E-state index >= 15 is 0 Å². The number of benzene rings is 1. The van der Waals surface area contributed by atoms with E-state index in [1.165, 1.54) is 0 Å². The van der Waals surface area contributed by atoms with Crippen molar-refractivity contribution in [2.45, 2.75) is 12.5 Å². The van der Waals surface area contributed by atoms with Crippen molar-refractivity contribution in [3.8, 4) is 22.0 Å². The third-order valence-corrected chi connectivity index (χ3v) is 7.05. The highest BCUT2D eigenvalue weighted by atomic mass is 35.5. The van der Waals surface area contributed by atoms with Crippen molar-refractivity contribution < 1.29 is 4.79 Å². The Bertz CT molecular complexity index is 1260. The lowest BCUT2D eigenvalue weighted by molar-refractivity contribution is 0.0785. The highest BCUT2D eigenvalue weighted by Crippen LogP contribution is 2.33. The van der Waals surface area contributed by atoms with E-state index < -0.39 is 0 Å². The summed E-state index contributed by atoms with van der Waals surface area (Å²) in [5.41, 5.74) is 4.41. The molecule has 5 rings (SSSR count). The molecule has 1 amide bonds. The summed E-state index contributed by atoms with van der Waals surface area (Å²) in [6.07, 6.45) is 3.00. The SMILES string of the molecule is CN(C)C1CCN(C(=O)c2cc(-c3csc(-c4cccc(Cl)c4)n3)n3ccccc23)C1. The van der Waals surface area contributed by atoms with Crippen LogP contribution in [0.15, 0.2) is 60.1 Å². The van der Waals surface area contributed by atoms with Gasteiger partial charge < -0.3 is 14.2 Å². The van der Waals surface area contributed by atoms with Crippen LogP contribution in [0.5, 0.6) is 0 Å². The lowest BCUT2D eigenvalue weighted by Crippen LogP contribution is -2.34. The minimum Gasteiger partial charge on any atom is -0.337 e. The molecule has 1 aromatic carbocycles. The Morgan fingerprint density at radius 3 is 2.84 bits per heavy atom. The van der Waals surface area contributed by atoms with Gasteiger partial charge in [-0.05, 0) is 50.8 Å². The number of pyridine rings is 1. The number of rotatable bonds is 4. The van der Waals surface area contributed by atoms with Gasteiger partial charge in [0, 0.05) is 41.3 Å².